The van der Waals surface area contributed by atoms with Crippen molar-refractivity contribution in [1.29, 1.82) is 0 Å². The lowest BCUT2D eigenvalue weighted by molar-refractivity contribution is -0.123. The van der Waals surface area contributed by atoms with Crippen LogP contribution in [0.4, 0.5) is 10.7 Å². The normalized spacial score (nSPS) is 12.5. The highest BCUT2D eigenvalue weighted by Crippen LogP contribution is 2.30. The molecule has 0 saturated carbocycles. The smallest absolute Gasteiger partial charge is 0.266 e. The highest BCUT2D eigenvalue weighted by molar-refractivity contribution is 7.83. The summed E-state index contributed by atoms with van der Waals surface area (Å²) in [5.41, 5.74) is 1.55. The number of benzene rings is 1. The maximum atomic E-state index is 12.7. The number of halogens is 1. The predicted octanol–water partition coefficient (Wildman–Crippen LogP) is 4.83. The summed E-state index contributed by atoms with van der Waals surface area (Å²) in [6, 6.07) is 6.97. The summed E-state index contributed by atoms with van der Waals surface area (Å²) in [4.78, 5) is 25.3. The minimum atomic E-state index is -0.988. The fourth-order valence-electron chi connectivity index (χ4n) is 2.24. The number of anilines is 2. The zero-order valence-corrected chi connectivity index (χ0v) is 18.3. The van der Waals surface area contributed by atoms with Crippen LogP contribution in [0.5, 0.6) is 0 Å². The summed E-state index contributed by atoms with van der Waals surface area (Å²) in [6.45, 7) is 7.30. The number of carbonyl (C=O) groups is 2. The van der Waals surface area contributed by atoms with Crippen molar-refractivity contribution in [2.75, 3.05) is 16.9 Å². The lowest BCUT2D eigenvalue weighted by atomic mass is 9.96. The highest BCUT2D eigenvalue weighted by Gasteiger charge is 2.23. The maximum Gasteiger partial charge on any atom is 0.266 e. The number of hydrogen-bond acceptors (Lipinski definition) is 4. The molecule has 2 N–H and O–H groups in total. The number of carbonyl (C=O) groups excluding carboxylic acids is 2. The summed E-state index contributed by atoms with van der Waals surface area (Å²) in [5.74, 6) is -0.0226. The monoisotopic (exact) mass is 426 g/mol. The van der Waals surface area contributed by atoms with E-state index in [9.17, 15) is 13.8 Å². The minimum absolute atomic E-state index is 0.112. The molecule has 27 heavy (non-hydrogen) atoms. The van der Waals surface area contributed by atoms with Gasteiger partial charge in [-0.3, -0.25) is 13.8 Å². The Kier molecular flexibility index (Phi) is 6.83. The molecule has 8 heteroatoms. The largest absolute Gasteiger partial charge is 0.320 e. The van der Waals surface area contributed by atoms with Crippen LogP contribution in [0.2, 0.25) is 5.02 Å². The van der Waals surface area contributed by atoms with Gasteiger partial charge < -0.3 is 10.6 Å². The second-order valence-corrected chi connectivity index (χ2v) is 10.2. The highest BCUT2D eigenvalue weighted by atomic mass is 35.5. The number of rotatable bonds is 5. The summed E-state index contributed by atoms with van der Waals surface area (Å²) >= 11 is 7.40. The van der Waals surface area contributed by atoms with E-state index in [-0.39, 0.29) is 11.8 Å². The molecule has 0 aliphatic carbocycles. The Morgan fingerprint density at radius 3 is 2.44 bits per heavy atom. The summed E-state index contributed by atoms with van der Waals surface area (Å²) in [7, 11) is -0.988. The molecule has 1 aromatic heterocycles. The molecule has 146 valence electrons. The van der Waals surface area contributed by atoms with E-state index in [1.165, 1.54) is 11.3 Å². The molecule has 1 heterocycles. The molecule has 0 bridgehead atoms. The predicted molar refractivity (Wildman–Crippen MR) is 114 cm³/mol. The summed E-state index contributed by atoms with van der Waals surface area (Å²) in [5, 5.41) is 6.68. The van der Waals surface area contributed by atoms with Crippen LogP contribution in [-0.2, 0) is 21.3 Å². The van der Waals surface area contributed by atoms with Crippen molar-refractivity contribution in [2.24, 2.45) is 5.41 Å². The summed E-state index contributed by atoms with van der Waals surface area (Å²) < 4.78 is 11.4. The molecule has 1 atom stereocenters. The van der Waals surface area contributed by atoms with E-state index in [1.54, 1.807) is 30.5 Å². The standard InChI is InChI=1S/C19H23ClN2O3S2/c1-11-8-15(22-18(24)19(2,3)4)26-16(11)17(23)21-14-9-12(10-27(5)25)6-7-13(14)20/h6-9H,10H2,1-5H3,(H,21,23)(H,22,24). The Labute approximate surface area is 171 Å². The zero-order chi connectivity index (χ0) is 20.4. The van der Waals surface area contributed by atoms with Crippen LogP contribution >= 0.6 is 22.9 Å². The van der Waals surface area contributed by atoms with Crippen LogP contribution < -0.4 is 10.6 Å². The fraction of sp³-hybridized carbons (Fsp3) is 0.368. The fourth-order valence-corrected chi connectivity index (χ4v) is 4.02. The first-order valence-electron chi connectivity index (χ1n) is 8.29. The van der Waals surface area contributed by atoms with Gasteiger partial charge in [-0.25, -0.2) is 0 Å². The molecule has 0 radical (unpaired) electrons. The van der Waals surface area contributed by atoms with Gasteiger partial charge in [0, 0.05) is 28.2 Å². The molecule has 2 amide bonds. The van der Waals surface area contributed by atoms with E-state index in [0.717, 1.165) is 11.1 Å². The lowest BCUT2D eigenvalue weighted by Crippen LogP contribution is -2.27. The van der Waals surface area contributed by atoms with Crippen molar-refractivity contribution in [3.63, 3.8) is 0 Å². The molecular weight excluding hydrogens is 404 g/mol. The third-order valence-corrected chi connectivity index (χ3v) is 5.91. The molecular formula is C19H23ClN2O3S2. The second kappa shape index (κ2) is 8.54. The molecule has 0 saturated heterocycles. The van der Waals surface area contributed by atoms with Gasteiger partial charge in [-0.05, 0) is 36.2 Å². The number of nitrogens with one attached hydrogen (secondary N) is 2. The Hall–Kier alpha value is -1.70. The quantitative estimate of drug-likeness (QED) is 0.719. The lowest BCUT2D eigenvalue weighted by Gasteiger charge is -2.16. The van der Waals surface area contributed by atoms with E-state index >= 15 is 0 Å². The van der Waals surface area contributed by atoms with Crippen LogP contribution in [0.3, 0.4) is 0 Å². The zero-order valence-electron chi connectivity index (χ0n) is 15.9. The van der Waals surface area contributed by atoms with Gasteiger partial charge in [0.25, 0.3) is 5.91 Å². The molecule has 0 aliphatic rings. The molecule has 0 spiro atoms. The van der Waals surface area contributed by atoms with Crippen molar-refractivity contribution in [3.8, 4) is 0 Å². The van der Waals surface area contributed by atoms with Gasteiger partial charge in [0.2, 0.25) is 5.91 Å². The van der Waals surface area contributed by atoms with Gasteiger partial charge in [-0.1, -0.05) is 38.4 Å². The van der Waals surface area contributed by atoms with Crippen molar-refractivity contribution in [1.82, 2.24) is 0 Å². The van der Waals surface area contributed by atoms with Gasteiger partial charge in [0.15, 0.2) is 0 Å². The van der Waals surface area contributed by atoms with E-state index in [4.69, 9.17) is 11.6 Å². The van der Waals surface area contributed by atoms with Gasteiger partial charge in [0.05, 0.1) is 20.6 Å². The third-order valence-electron chi connectivity index (χ3n) is 3.69. The Morgan fingerprint density at radius 1 is 1.19 bits per heavy atom. The number of hydrogen-bond donors (Lipinski definition) is 2. The Morgan fingerprint density at radius 2 is 1.85 bits per heavy atom. The molecule has 1 unspecified atom stereocenters. The van der Waals surface area contributed by atoms with E-state index < -0.39 is 16.2 Å². The number of aryl methyl sites for hydroxylation is 1. The first kappa shape index (κ1) is 21.6. The molecule has 1 aromatic carbocycles. The van der Waals surface area contributed by atoms with Crippen molar-refractivity contribution in [3.05, 3.63) is 45.3 Å². The van der Waals surface area contributed by atoms with Crippen molar-refractivity contribution >= 4 is 56.2 Å². The van der Waals surface area contributed by atoms with Gasteiger partial charge >= 0.3 is 0 Å². The van der Waals surface area contributed by atoms with Crippen molar-refractivity contribution < 1.29 is 13.8 Å². The van der Waals surface area contributed by atoms with Gasteiger partial charge in [-0.2, -0.15) is 0 Å². The first-order chi connectivity index (χ1) is 12.5. The van der Waals surface area contributed by atoms with Crippen LogP contribution in [0.25, 0.3) is 0 Å². The molecule has 2 rings (SSSR count). The number of amides is 2. The minimum Gasteiger partial charge on any atom is -0.320 e. The Bertz CT molecular complexity index is 901. The first-order valence-corrected chi connectivity index (χ1v) is 11.2. The Balaban J connectivity index is 2.19. The van der Waals surface area contributed by atoms with Gasteiger partial charge in [-0.15, -0.1) is 11.3 Å². The van der Waals surface area contributed by atoms with Crippen LogP contribution in [0.1, 0.15) is 41.6 Å². The van der Waals surface area contributed by atoms with E-state index in [2.05, 4.69) is 10.6 Å². The molecule has 0 fully saturated rings. The van der Waals surface area contributed by atoms with Crippen molar-refractivity contribution in [2.45, 2.75) is 33.4 Å². The van der Waals surface area contributed by atoms with Crippen LogP contribution in [0, 0.1) is 12.3 Å². The molecule has 0 aliphatic heterocycles. The number of thiophene rings is 1. The summed E-state index contributed by atoms with van der Waals surface area (Å²) in [6.07, 6.45) is 1.62. The topological polar surface area (TPSA) is 75.3 Å². The third kappa shape index (κ3) is 5.89. The average Bonchev–Trinajstić information content (AvgIpc) is 2.89. The molecule has 5 nitrogen and oxygen atoms in total. The average molecular weight is 427 g/mol. The van der Waals surface area contributed by atoms with Crippen LogP contribution in [0.15, 0.2) is 24.3 Å². The van der Waals surface area contributed by atoms with E-state index in [0.29, 0.717) is 26.3 Å². The SMILES string of the molecule is Cc1cc(NC(=O)C(C)(C)C)sc1C(=O)Nc1cc(CS(C)=O)ccc1Cl. The second-order valence-electron chi connectivity index (χ2n) is 7.31. The molecule has 2 aromatic rings. The van der Waals surface area contributed by atoms with E-state index in [1.807, 2.05) is 27.7 Å². The van der Waals surface area contributed by atoms with Gasteiger partial charge in [0.1, 0.15) is 0 Å². The van der Waals surface area contributed by atoms with Crippen LogP contribution in [-0.4, -0.2) is 22.3 Å². The maximum absolute atomic E-state index is 12.7.